The number of hydrogen-bond acceptors (Lipinski definition) is 5. The van der Waals surface area contributed by atoms with Crippen molar-refractivity contribution in [2.24, 2.45) is 5.92 Å². The van der Waals surface area contributed by atoms with Crippen molar-refractivity contribution in [2.75, 3.05) is 11.5 Å². The number of Topliss-reactive ketones (excluding diaryl/α,β-unsaturated/α-hetero) is 1. The molecule has 1 N–H and O–H groups in total. The summed E-state index contributed by atoms with van der Waals surface area (Å²) in [5.41, 5.74) is 1.79. The van der Waals surface area contributed by atoms with Crippen LogP contribution in [0.3, 0.4) is 0 Å². The fourth-order valence-corrected chi connectivity index (χ4v) is 5.24. The number of ketones is 1. The van der Waals surface area contributed by atoms with Gasteiger partial charge in [-0.15, -0.1) is 0 Å². The molecule has 2 unspecified atom stereocenters. The maximum Gasteiger partial charge on any atom is 0.311 e. The van der Waals surface area contributed by atoms with Gasteiger partial charge in [0.15, 0.2) is 15.9 Å². The highest BCUT2D eigenvalue weighted by molar-refractivity contribution is 7.91. The average Bonchev–Trinajstić information content (AvgIpc) is 3.29. The van der Waals surface area contributed by atoms with Gasteiger partial charge in [0.25, 0.3) is 0 Å². The number of benzene rings is 2. The average molecular weight is 397 g/mol. The standard InChI is InChI=1S/C21H19NO5S/c23-19(17-12-22-18-9-5-4-8-16(17)18)20(14-6-2-1-3-7-14)27-21(24)15-10-11-28(25,26)13-15/h1-9,12,15,20,22H,10-11,13H2. The van der Waals surface area contributed by atoms with E-state index in [-0.39, 0.29) is 23.7 Å². The van der Waals surface area contributed by atoms with Crippen molar-refractivity contribution in [1.29, 1.82) is 0 Å². The van der Waals surface area contributed by atoms with E-state index in [0.717, 1.165) is 10.9 Å². The zero-order chi connectivity index (χ0) is 19.7. The summed E-state index contributed by atoms with van der Waals surface area (Å²) >= 11 is 0. The molecule has 0 radical (unpaired) electrons. The van der Waals surface area contributed by atoms with Crippen LogP contribution in [0.5, 0.6) is 0 Å². The van der Waals surface area contributed by atoms with Crippen molar-refractivity contribution in [3.8, 4) is 0 Å². The van der Waals surface area contributed by atoms with E-state index in [1.807, 2.05) is 30.3 Å². The van der Waals surface area contributed by atoms with Gasteiger partial charge in [-0.25, -0.2) is 8.42 Å². The third kappa shape index (κ3) is 3.57. The van der Waals surface area contributed by atoms with Crippen LogP contribution in [0.4, 0.5) is 0 Å². The highest BCUT2D eigenvalue weighted by atomic mass is 32.2. The van der Waals surface area contributed by atoms with Gasteiger partial charge in [-0.3, -0.25) is 9.59 Å². The largest absolute Gasteiger partial charge is 0.449 e. The van der Waals surface area contributed by atoms with Gasteiger partial charge >= 0.3 is 5.97 Å². The fourth-order valence-electron chi connectivity index (χ4n) is 3.51. The Kier molecular flexibility index (Phi) is 4.77. The number of fused-ring (bicyclic) bond motifs is 1. The number of aromatic nitrogens is 1. The second kappa shape index (κ2) is 7.24. The van der Waals surface area contributed by atoms with Gasteiger partial charge in [0.2, 0.25) is 5.78 Å². The van der Waals surface area contributed by atoms with E-state index in [4.69, 9.17) is 4.74 Å². The molecule has 1 fully saturated rings. The lowest BCUT2D eigenvalue weighted by Gasteiger charge is -2.19. The van der Waals surface area contributed by atoms with Gasteiger partial charge in [-0.2, -0.15) is 0 Å². The SMILES string of the molecule is O=C(OC(C(=O)c1c[nH]c2ccccc12)c1ccccc1)C1CCS(=O)(=O)C1. The van der Waals surface area contributed by atoms with Crippen molar-refractivity contribution in [2.45, 2.75) is 12.5 Å². The molecule has 0 amide bonds. The third-order valence-corrected chi connectivity index (χ3v) is 6.76. The Balaban J connectivity index is 1.66. The molecule has 1 saturated heterocycles. The van der Waals surface area contributed by atoms with Gasteiger partial charge in [0.05, 0.1) is 17.4 Å². The number of ether oxygens (including phenoxy) is 1. The van der Waals surface area contributed by atoms with E-state index in [0.29, 0.717) is 11.1 Å². The number of H-pyrrole nitrogens is 1. The Morgan fingerprint density at radius 2 is 1.75 bits per heavy atom. The molecule has 4 rings (SSSR count). The first kappa shape index (κ1) is 18.4. The number of aromatic amines is 1. The topological polar surface area (TPSA) is 93.3 Å². The van der Waals surface area contributed by atoms with E-state index in [2.05, 4.69) is 4.98 Å². The first-order valence-electron chi connectivity index (χ1n) is 9.01. The van der Waals surface area contributed by atoms with E-state index in [1.165, 1.54) is 0 Å². The van der Waals surface area contributed by atoms with Crippen molar-refractivity contribution < 1.29 is 22.7 Å². The van der Waals surface area contributed by atoms with Gasteiger partial charge in [0.1, 0.15) is 0 Å². The van der Waals surface area contributed by atoms with E-state index in [1.54, 1.807) is 30.5 Å². The van der Waals surface area contributed by atoms with Crippen molar-refractivity contribution in [3.05, 3.63) is 71.9 Å². The van der Waals surface area contributed by atoms with Crippen LogP contribution in [0.25, 0.3) is 10.9 Å². The Bertz CT molecular complexity index is 1130. The number of hydrogen-bond donors (Lipinski definition) is 1. The van der Waals surface area contributed by atoms with Crippen molar-refractivity contribution in [3.63, 3.8) is 0 Å². The Hall–Kier alpha value is -2.93. The number of rotatable bonds is 5. The molecule has 1 aliphatic heterocycles. The van der Waals surface area contributed by atoms with Gasteiger partial charge < -0.3 is 9.72 Å². The minimum Gasteiger partial charge on any atom is -0.449 e. The Morgan fingerprint density at radius 3 is 2.46 bits per heavy atom. The molecule has 3 aromatic rings. The molecule has 0 saturated carbocycles. The number of para-hydroxylation sites is 1. The molecule has 0 spiro atoms. The van der Waals surface area contributed by atoms with Crippen LogP contribution in [0.2, 0.25) is 0 Å². The molecular formula is C21H19NO5S. The molecule has 2 atom stereocenters. The molecule has 1 aromatic heterocycles. The quantitative estimate of drug-likeness (QED) is 0.528. The Labute approximate surface area is 162 Å². The molecule has 144 valence electrons. The number of carbonyl (C=O) groups excluding carboxylic acids is 2. The number of carbonyl (C=O) groups is 2. The molecule has 2 aromatic carbocycles. The predicted molar refractivity (Wildman–Crippen MR) is 105 cm³/mol. The lowest BCUT2D eigenvalue weighted by atomic mass is 9.99. The minimum atomic E-state index is -3.22. The molecule has 7 heteroatoms. The zero-order valence-electron chi connectivity index (χ0n) is 15.0. The van der Waals surface area contributed by atoms with E-state index < -0.39 is 27.8 Å². The zero-order valence-corrected chi connectivity index (χ0v) is 15.8. The lowest BCUT2D eigenvalue weighted by molar-refractivity contribution is -0.151. The summed E-state index contributed by atoms with van der Waals surface area (Å²) in [6.07, 6.45) is 0.706. The van der Waals surface area contributed by atoms with Crippen LogP contribution in [0.1, 0.15) is 28.4 Å². The molecule has 6 nitrogen and oxygen atoms in total. The van der Waals surface area contributed by atoms with Gasteiger partial charge in [-0.05, 0) is 12.5 Å². The molecule has 0 bridgehead atoms. The highest BCUT2D eigenvalue weighted by Gasteiger charge is 2.37. The summed E-state index contributed by atoms with van der Waals surface area (Å²) in [5.74, 6) is -1.98. The fraction of sp³-hybridized carbons (Fsp3) is 0.238. The minimum absolute atomic E-state index is 0.0286. The van der Waals surface area contributed by atoms with Gasteiger partial charge in [-0.1, -0.05) is 48.5 Å². The van der Waals surface area contributed by atoms with Crippen molar-refractivity contribution in [1.82, 2.24) is 4.98 Å². The monoisotopic (exact) mass is 397 g/mol. The summed E-state index contributed by atoms with van der Waals surface area (Å²) in [6.45, 7) is 0. The summed E-state index contributed by atoms with van der Waals surface area (Å²) in [6, 6.07) is 16.2. The first-order chi connectivity index (χ1) is 13.4. The van der Waals surface area contributed by atoms with Crippen LogP contribution < -0.4 is 0 Å². The van der Waals surface area contributed by atoms with Crippen molar-refractivity contribution >= 4 is 32.5 Å². The number of sulfone groups is 1. The maximum atomic E-state index is 13.3. The molecule has 2 heterocycles. The summed E-state index contributed by atoms with van der Waals surface area (Å²) in [4.78, 5) is 28.9. The first-order valence-corrected chi connectivity index (χ1v) is 10.8. The second-order valence-electron chi connectivity index (χ2n) is 6.94. The molecule has 28 heavy (non-hydrogen) atoms. The van der Waals surface area contributed by atoms with E-state index >= 15 is 0 Å². The number of nitrogens with one attached hydrogen (secondary N) is 1. The normalized spacial score (nSPS) is 19.4. The van der Waals surface area contributed by atoms with E-state index in [9.17, 15) is 18.0 Å². The smallest absolute Gasteiger partial charge is 0.311 e. The lowest BCUT2D eigenvalue weighted by Crippen LogP contribution is -2.25. The highest BCUT2D eigenvalue weighted by Crippen LogP contribution is 2.29. The van der Waals surface area contributed by atoms with Crippen LogP contribution in [0, 0.1) is 5.92 Å². The Morgan fingerprint density at radius 1 is 1.04 bits per heavy atom. The van der Waals surface area contributed by atoms with Gasteiger partial charge in [0, 0.05) is 28.2 Å². The molecule has 1 aliphatic rings. The van der Waals surface area contributed by atoms with Crippen LogP contribution in [0.15, 0.2) is 60.8 Å². The maximum absolute atomic E-state index is 13.3. The number of esters is 1. The van der Waals surface area contributed by atoms with Crippen LogP contribution in [-0.2, 0) is 19.4 Å². The van der Waals surface area contributed by atoms with Crippen LogP contribution >= 0.6 is 0 Å². The van der Waals surface area contributed by atoms with Crippen LogP contribution in [-0.4, -0.2) is 36.7 Å². The molecule has 0 aliphatic carbocycles. The second-order valence-corrected chi connectivity index (χ2v) is 9.17. The predicted octanol–water partition coefficient (Wildman–Crippen LogP) is 3.07. The summed E-state index contributed by atoms with van der Waals surface area (Å²) in [5, 5.41) is 0.743. The summed E-state index contributed by atoms with van der Waals surface area (Å²) in [7, 11) is -3.22. The summed E-state index contributed by atoms with van der Waals surface area (Å²) < 4.78 is 29.0. The molecular weight excluding hydrogens is 378 g/mol. The third-order valence-electron chi connectivity index (χ3n) is 4.99.